The van der Waals surface area contributed by atoms with Crippen LogP contribution in [0.1, 0.15) is 22.1 Å². The van der Waals surface area contributed by atoms with Crippen molar-refractivity contribution in [3.63, 3.8) is 0 Å². The van der Waals surface area contributed by atoms with Gasteiger partial charge in [0.1, 0.15) is 17.6 Å². The number of hydrogen-bond acceptors (Lipinski definition) is 6. The number of nitrogens with zero attached hydrogens (tertiary/aromatic N) is 4. The van der Waals surface area contributed by atoms with Crippen molar-refractivity contribution in [3.05, 3.63) is 77.9 Å². The monoisotopic (exact) mass is 468 g/mol. The third-order valence-electron chi connectivity index (χ3n) is 5.72. The van der Waals surface area contributed by atoms with Gasteiger partial charge in [0, 0.05) is 31.9 Å². The molecule has 1 aromatic heterocycles. The minimum absolute atomic E-state index is 0.109. The Morgan fingerprint density at radius 1 is 1.03 bits per heavy atom. The van der Waals surface area contributed by atoms with Crippen molar-refractivity contribution < 1.29 is 18.7 Å². The van der Waals surface area contributed by atoms with Gasteiger partial charge in [-0.1, -0.05) is 42.1 Å². The van der Waals surface area contributed by atoms with Crippen LogP contribution in [0.5, 0.6) is 0 Å². The average Bonchev–Trinajstić information content (AvgIpc) is 3.30. The minimum atomic E-state index is -0.647. The summed E-state index contributed by atoms with van der Waals surface area (Å²) in [6.07, 6.45) is 3.54. The van der Waals surface area contributed by atoms with E-state index in [1.165, 1.54) is 31.0 Å². The first-order valence-electron chi connectivity index (χ1n) is 10.6. The Morgan fingerprint density at radius 3 is 2.30 bits per heavy atom. The number of benzene rings is 2. The number of carbonyl (C=O) groups is 2. The highest BCUT2D eigenvalue weighted by molar-refractivity contribution is 7.98. The van der Waals surface area contributed by atoms with Crippen LogP contribution < -0.4 is 0 Å². The number of esters is 1. The van der Waals surface area contributed by atoms with Crippen molar-refractivity contribution in [3.8, 4) is 5.69 Å². The quantitative estimate of drug-likeness (QED) is 0.408. The highest BCUT2D eigenvalue weighted by atomic mass is 32.2. The van der Waals surface area contributed by atoms with E-state index < -0.39 is 12.0 Å². The molecule has 1 atom stereocenters. The SMILES string of the molecule is COC(=O)[C@H](c1ccc(F)cc1)N1CCN(C(=O)c2cnc(SC)n2-c2ccccc2)CC1. The molecule has 172 valence electrons. The largest absolute Gasteiger partial charge is 0.468 e. The zero-order valence-corrected chi connectivity index (χ0v) is 19.3. The van der Waals surface area contributed by atoms with Crippen LogP contribution in [0.2, 0.25) is 0 Å². The van der Waals surface area contributed by atoms with Gasteiger partial charge in [0.05, 0.1) is 13.3 Å². The predicted molar refractivity (Wildman–Crippen MR) is 124 cm³/mol. The Hall–Kier alpha value is -3.17. The molecule has 0 aliphatic carbocycles. The molecule has 1 amide bonds. The van der Waals surface area contributed by atoms with E-state index in [0.29, 0.717) is 37.4 Å². The Morgan fingerprint density at radius 2 is 1.70 bits per heavy atom. The molecule has 9 heteroatoms. The number of ether oxygens (including phenoxy) is 1. The van der Waals surface area contributed by atoms with Crippen molar-refractivity contribution in [1.82, 2.24) is 19.4 Å². The summed E-state index contributed by atoms with van der Waals surface area (Å²) >= 11 is 1.48. The van der Waals surface area contributed by atoms with E-state index in [1.807, 2.05) is 46.1 Å². The van der Waals surface area contributed by atoms with Gasteiger partial charge in [-0.25, -0.2) is 14.2 Å². The smallest absolute Gasteiger partial charge is 0.327 e. The van der Waals surface area contributed by atoms with Gasteiger partial charge in [0.2, 0.25) is 0 Å². The predicted octanol–water partition coefficient (Wildman–Crippen LogP) is 3.41. The molecule has 4 rings (SSSR count). The van der Waals surface area contributed by atoms with E-state index in [1.54, 1.807) is 23.2 Å². The molecule has 0 N–H and O–H groups in total. The number of thioether (sulfide) groups is 1. The molecule has 3 aromatic rings. The van der Waals surface area contributed by atoms with Crippen molar-refractivity contribution >= 4 is 23.6 Å². The molecule has 0 spiro atoms. The number of para-hydroxylation sites is 1. The first-order chi connectivity index (χ1) is 16.0. The maximum atomic E-state index is 13.4. The van der Waals surface area contributed by atoms with Gasteiger partial charge in [-0.15, -0.1) is 0 Å². The molecule has 7 nitrogen and oxygen atoms in total. The van der Waals surface area contributed by atoms with Crippen LogP contribution in [0, 0.1) is 5.82 Å². The van der Waals surface area contributed by atoms with Crippen LogP contribution >= 0.6 is 11.8 Å². The fraction of sp³-hybridized carbons (Fsp3) is 0.292. The number of halogens is 1. The normalized spacial score (nSPS) is 15.3. The van der Waals surface area contributed by atoms with E-state index in [0.717, 1.165) is 10.8 Å². The van der Waals surface area contributed by atoms with Crippen LogP contribution in [0.3, 0.4) is 0 Å². The lowest BCUT2D eigenvalue weighted by molar-refractivity contribution is -0.148. The number of amides is 1. The molecule has 0 radical (unpaired) electrons. The van der Waals surface area contributed by atoms with E-state index in [9.17, 15) is 14.0 Å². The zero-order chi connectivity index (χ0) is 23.4. The van der Waals surface area contributed by atoms with Crippen LogP contribution in [0.15, 0.2) is 66.0 Å². The Labute approximate surface area is 196 Å². The van der Waals surface area contributed by atoms with Gasteiger partial charge in [0.25, 0.3) is 5.91 Å². The lowest BCUT2D eigenvalue weighted by Gasteiger charge is -2.38. The fourth-order valence-corrected chi connectivity index (χ4v) is 4.60. The standard InChI is InChI=1S/C24H25FN4O3S/c1-32-23(31)21(17-8-10-18(25)11-9-17)27-12-14-28(15-13-27)22(30)20-16-26-24(33-2)29(20)19-6-4-3-5-7-19/h3-11,16,21H,12-15H2,1-2H3/t21-/m0/s1. The van der Waals surface area contributed by atoms with Gasteiger partial charge in [0.15, 0.2) is 5.16 Å². The molecule has 1 aliphatic heterocycles. The fourth-order valence-electron chi connectivity index (χ4n) is 4.05. The second-order valence-corrected chi connectivity index (χ2v) is 8.38. The summed E-state index contributed by atoms with van der Waals surface area (Å²) in [5.74, 6) is -0.881. The van der Waals surface area contributed by atoms with Gasteiger partial charge in [-0.2, -0.15) is 0 Å². The van der Waals surface area contributed by atoms with Crippen molar-refractivity contribution in [2.24, 2.45) is 0 Å². The van der Waals surface area contributed by atoms with Crippen LogP contribution in [-0.2, 0) is 9.53 Å². The third kappa shape index (κ3) is 4.79. The highest BCUT2D eigenvalue weighted by Gasteiger charge is 2.33. The van der Waals surface area contributed by atoms with E-state index in [4.69, 9.17) is 4.74 Å². The van der Waals surface area contributed by atoms with Crippen molar-refractivity contribution in [1.29, 1.82) is 0 Å². The number of piperazine rings is 1. The topological polar surface area (TPSA) is 67.7 Å². The second kappa shape index (κ2) is 10.2. The number of rotatable bonds is 6. The zero-order valence-electron chi connectivity index (χ0n) is 18.5. The molecule has 2 heterocycles. The minimum Gasteiger partial charge on any atom is -0.468 e. The van der Waals surface area contributed by atoms with Crippen LogP contribution in [0.25, 0.3) is 5.69 Å². The maximum absolute atomic E-state index is 13.4. The summed E-state index contributed by atoms with van der Waals surface area (Å²) in [5.41, 5.74) is 2.04. The number of aromatic nitrogens is 2. The molecule has 2 aromatic carbocycles. The van der Waals surface area contributed by atoms with Crippen LogP contribution in [-0.4, -0.2) is 70.8 Å². The molecule has 1 fully saturated rings. The summed E-state index contributed by atoms with van der Waals surface area (Å²) in [4.78, 5) is 34.1. The van der Waals surface area contributed by atoms with Gasteiger partial charge in [-0.05, 0) is 36.1 Å². The first kappa shape index (κ1) is 23.0. The lowest BCUT2D eigenvalue weighted by atomic mass is 10.0. The van der Waals surface area contributed by atoms with Gasteiger partial charge < -0.3 is 9.64 Å². The molecular formula is C24H25FN4O3S. The molecule has 0 unspecified atom stereocenters. The van der Waals surface area contributed by atoms with E-state index in [2.05, 4.69) is 4.98 Å². The van der Waals surface area contributed by atoms with E-state index in [-0.39, 0.29) is 11.7 Å². The second-order valence-electron chi connectivity index (χ2n) is 7.61. The summed E-state index contributed by atoms with van der Waals surface area (Å²) in [7, 11) is 1.34. The summed E-state index contributed by atoms with van der Waals surface area (Å²) in [5, 5.41) is 0.741. The Bertz CT molecular complexity index is 1110. The summed E-state index contributed by atoms with van der Waals surface area (Å²) < 4.78 is 20.3. The number of methoxy groups -OCH3 is 1. The molecule has 1 saturated heterocycles. The van der Waals surface area contributed by atoms with Crippen molar-refractivity contribution in [2.45, 2.75) is 11.2 Å². The maximum Gasteiger partial charge on any atom is 0.327 e. The number of imidazole rings is 1. The summed E-state index contributed by atoms with van der Waals surface area (Å²) in [6.45, 7) is 1.86. The molecule has 33 heavy (non-hydrogen) atoms. The molecule has 0 bridgehead atoms. The Balaban J connectivity index is 1.52. The third-order valence-corrected chi connectivity index (χ3v) is 6.38. The number of carbonyl (C=O) groups excluding carboxylic acids is 2. The molecule has 1 aliphatic rings. The van der Waals surface area contributed by atoms with E-state index >= 15 is 0 Å². The summed E-state index contributed by atoms with van der Waals surface area (Å²) in [6, 6.07) is 14.9. The average molecular weight is 469 g/mol. The lowest BCUT2D eigenvalue weighted by Crippen LogP contribution is -2.51. The molecule has 0 saturated carbocycles. The molecular weight excluding hydrogens is 443 g/mol. The van der Waals surface area contributed by atoms with Crippen LogP contribution in [0.4, 0.5) is 4.39 Å². The van der Waals surface area contributed by atoms with Gasteiger partial charge >= 0.3 is 5.97 Å². The first-order valence-corrected chi connectivity index (χ1v) is 11.8. The van der Waals surface area contributed by atoms with Gasteiger partial charge in [-0.3, -0.25) is 14.3 Å². The Kier molecular flexibility index (Phi) is 7.10. The number of hydrogen-bond donors (Lipinski definition) is 0. The highest BCUT2D eigenvalue weighted by Crippen LogP contribution is 2.26. The van der Waals surface area contributed by atoms with Crippen molar-refractivity contribution in [2.75, 3.05) is 39.5 Å².